The molecule has 0 bridgehead atoms. The molecule has 4 rings (SSSR count). The SMILES string of the molecule is CCn1cc(-c2nc(-c3ccc(Br)cc3)no2)c(=O)c2ccccc21. The van der Waals surface area contributed by atoms with Crippen LogP contribution >= 0.6 is 15.9 Å². The van der Waals surface area contributed by atoms with Gasteiger partial charge in [0.15, 0.2) is 0 Å². The van der Waals surface area contributed by atoms with E-state index in [0.29, 0.717) is 16.8 Å². The van der Waals surface area contributed by atoms with Crippen molar-refractivity contribution in [1.29, 1.82) is 0 Å². The first kappa shape index (κ1) is 15.8. The standard InChI is InChI=1S/C19H14BrN3O2/c1-2-23-11-15(17(24)14-5-3-4-6-16(14)23)19-21-18(22-25-19)12-7-9-13(20)10-8-12/h3-11H,2H2,1H3. The number of nitrogens with zero attached hydrogens (tertiary/aromatic N) is 3. The molecule has 0 radical (unpaired) electrons. The molecule has 0 spiro atoms. The number of para-hydroxylation sites is 1. The average molecular weight is 396 g/mol. The molecule has 0 unspecified atom stereocenters. The van der Waals surface area contributed by atoms with Gasteiger partial charge in [-0.05, 0) is 43.3 Å². The molecule has 2 aromatic heterocycles. The van der Waals surface area contributed by atoms with Crippen LogP contribution in [0.1, 0.15) is 6.92 Å². The van der Waals surface area contributed by atoms with Crippen molar-refractivity contribution in [2.24, 2.45) is 0 Å². The Morgan fingerprint density at radius 2 is 1.88 bits per heavy atom. The molecule has 2 heterocycles. The van der Waals surface area contributed by atoms with Crippen LogP contribution in [0.25, 0.3) is 33.7 Å². The van der Waals surface area contributed by atoms with Crippen LogP contribution in [0.5, 0.6) is 0 Å². The fraction of sp³-hybridized carbons (Fsp3) is 0.105. The predicted molar refractivity (Wildman–Crippen MR) is 100 cm³/mol. The number of hydrogen-bond donors (Lipinski definition) is 0. The molecule has 5 nitrogen and oxygen atoms in total. The minimum Gasteiger partial charge on any atom is -0.347 e. The number of pyridine rings is 1. The van der Waals surface area contributed by atoms with Gasteiger partial charge in [-0.3, -0.25) is 4.79 Å². The average Bonchev–Trinajstić information content (AvgIpc) is 3.13. The quantitative estimate of drug-likeness (QED) is 0.512. The summed E-state index contributed by atoms with van der Waals surface area (Å²) >= 11 is 3.40. The van der Waals surface area contributed by atoms with Crippen LogP contribution in [0.3, 0.4) is 0 Å². The van der Waals surface area contributed by atoms with Gasteiger partial charge in [0.2, 0.25) is 11.3 Å². The van der Waals surface area contributed by atoms with Crippen LogP contribution in [0, 0.1) is 0 Å². The number of aryl methyl sites for hydroxylation is 1. The number of aromatic nitrogens is 3. The van der Waals surface area contributed by atoms with Crippen molar-refractivity contribution in [3.63, 3.8) is 0 Å². The summed E-state index contributed by atoms with van der Waals surface area (Å²) in [5.41, 5.74) is 2.03. The summed E-state index contributed by atoms with van der Waals surface area (Å²) in [7, 11) is 0. The van der Waals surface area contributed by atoms with Crippen molar-refractivity contribution >= 4 is 26.8 Å². The fourth-order valence-corrected chi connectivity index (χ4v) is 3.07. The van der Waals surface area contributed by atoms with Crippen molar-refractivity contribution in [3.05, 3.63) is 69.4 Å². The van der Waals surface area contributed by atoms with Crippen molar-refractivity contribution in [3.8, 4) is 22.8 Å². The van der Waals surface area contributed by atoms with Crippen molar-refractivity contribution in [1.82, 2.24) is 14.7 Å². The Hall–Kier alpha value is -2.73. The lowest BCUT2D eigenvalue weighted by Gasteiger charge is -2.09. The maximum absolute atomic E-state index is 12.8. The first-order valence-electron chi connectivity index (χ1n) is 7.89. The van der Waals surface area contributed by atoms with Gasteiger partial charge in [0.05, 0.1) is 5.52 Å². The number of benzene rings is 2. The van der Waals surface area contributed by atoms with Crippen LogP contribution in [0.15, 0.2) is 68.5 Å². The van der Waals surface area contributed by atoms with E-state index in [2.05, 4.69) is 26.1 Å². The Morgan fingerprint density at radius 1 is 1.12 bits per heavy atom. The molecule has 0 atom stereocenters. The first-order valence-corrected chi connectivity index (χ1v) is 8.69. The summed E-state index contributed by atoms with van der Waals surface area (Å²) in [6.45, 7) is 2.77. The van der Waals surface area contributed by atoms with E-state index >= 15 is 0 Å². The maximum atomic E-state index is 12.8. The van der Waals surface area contributed by atoms with E-state index in [1.54, 1.807) is 6.20 Å². The van der Waals surface area contributed by atoms with E-state index in [0.717, 1.165) is 22.1 Å². The van der Waals surface area contributed by atoms with E-state index < -0.39 is 0 Å². The van der Waals surface area contributed by atoms with Crippen molar-refractivity contribution < 1.29 is 4.52 Å². The zero-order chi connectivity index (χ0) is 17.4. The molecule has 0 aliphatic heterocycles. The van der Waals surface area contributed by atoms with Crippen LogP contribution in [-0.4, -0.2) is 14.7 Å². The summed E-state index contributed by atoms with van der Waals surface area (Å²) in [5.74, 6) is 0.689. The van der Waals surface area contributed by atoms with Crippen LogP contribution in [0.4, 0.5) is 0 Å². The molecule has 2 aromatic carbocycles. The predicted octanol–water partition coefficient (Wildman–Crippen LogP) is 4.50. The number of halogens is 1. The highest BCUT2D eigenvalue weighted by molar-refractivity contribution is 9.10. The highest BCUT2D eigenvalue weighted by atomic mass is 79.9. The van der Waals surface area contributed by atoms with Gasteiger partial charge in [0.1, 0.15) is 5.56 Å². The molecule has 0 saturated heterocycles. The van der Waals surface area contributed by atoms with Gasteiger partial charge in [-0.2, -0.15) is 4.98 Å². The second kappa shape index (κ2) is 6.29. The molecule has 6 heteroatoms. The molecule has 124 valence electrons. The van der Waals surface area contributed by atoms with Crippen LogP contribution in [-0.2, 0) is 6.54 Å². The molecular formula is C19H14BrN3O2. The zero-order valence-corrected chi connectivity index (χ0v) is 15.0. The molecule has 0 N–H and O–H groups in total. The van der Waals surface area contributed by atoms with E-state index in [9.17, 15) is 4.79 Å². The van der Waals surface area contributed by atoms with Crippen LogP contribution in [0.2, 0.25) is 0 Å². The molecule has 25 heavy (non-hydrogen) atoms. The molecule has 0 amide bonds. The van der Waals surface area contributed by atoms with Gasteiger partial charge < -0.3 is 9.09 Å². The first-order chi connectivity index (χ1) is 12.2. The third-order valence-electron chi connectivity index (χ3n) is 4.09. The summed E-state index contributed by atoms with van der Waals surface area (Å²) in [6, 6.07) is 15.1. The molecule has 4 aromatic rings. The molecule has 0 aliphatic carbocycles. The third-order valence-corrected chi connectivity index (χ3v) is 4.62. The Morgan fingerprint density at radius 3 is 2.64 bits per heavy atom. The topological polar surface area (TPSA) is 60.9 Å². The van der Waals surface area contributed by atoms with Gasteiger partial charge >= 0.3 is 0 Å². The second-order valence-electron chi connectivity index (χ2n) is 5.61. The molecule has 0 aliphatic rings. The van der Waals surface area contributed by atoms with Gasteiger partial charge in [0.25, 0.3) is 5.89 Å². The van der Waals surface area contributed by atoms with Crippen LogP contribution < -0.4 is 5.43 Å². The Kier molecular flexibility index (Phi) is 3.97. The van der Waals surface area contributed by atoms with E-state index in [4.69, 9.17) is 4.52 Å². The number of fused-ring (bicyclic) bond motifs is 1. The van der Waals surface area contributed by atoms with Crippen molar-refractivity contribution in [2.75, 3.05) is 0 Å². The highest BCUT2D eigenvalue weighted by Gasteiger charge is 2.16. The lowest BCUT2D eigenvalue weighted by atomic mass is 10.1. The summed E-state index contributed by atoms with van der Waals surface area (Å²) in [5, 5.41) is 4.66. The summed E-state index contributed by atoms with van der Waals surface area (Å²) < 4.78 is 8.36. The summed E-state index contributed by atoms with van der Waals surface area (Å²) in [6.07, 6.45) is 1.78. The Bertz CT molecular complexity index is 1110. The van der Waals surface area contributed by atoms with E-state index in [1.807, 2.05) is 60.0 Å². The highest BCUT2D eigenvalue weighted by Crippen LogP contribution is 2.23. The lowest BCUT2D eigenvalue weighted by Crippen LogP contribution is -2.11. The van der Waals surface area contributed by atoms with E-state index in [1.165, 1.54) is 0 Å². The third kappa shape index (κ3) is 2.78. The normalized spacial score (nSPS) is 11.1. The minimum absolute atomic E-state index is 0.105. The molecule has 0 saturated carbocycles. The number of rotatable bonds is 3. The smallest absolute Gasteiger partial charge is 0.263 e. The van der Waals surface area contributed by atoms with Gasteiger partial charge in [-0.1, -0.05) is 33.2 Å². The van der Waals surface area contributed by atoms with Gasteiger partial charge in [0, 0.05) is 28.2 Å². The zero-order valence-electron chi connectivity index (χ0n) is 13.4. The largest absolute Gasteiger partial charge is 0.347 e. The summed E-state index contributed by atoms with van der Waals surface area (Å²) in [4.78, 5) is 17.3. The molecular weight excluding hydrogens is 382 g/mol. The van der Waals surface area contributed by atoms with Gasteiger partial charge in [-0.25, -0.2) is 0 Å². The second-order valence-corrected chi connectivity index (χ2v) is 6.52. The molecule has 0 fully saturated rings. The fourth-order valence-electron chi connectivity index (χ4n) is 2.81. The maximum Gasteiger partial charge on any atom is 0.263 e. The lowest BCUT2D eigenvalue weighted by molar-refractivity contribution is 0.431. The van der Waals surface area contributed by atoms with Gasteiger partial charge in [-0.15, -0.1) is 0 Å². The number of hydrogen-bond acceptors (Lipinski definition) is 4. The Balaban J connectivity index is 1.87. The Labute approximate surface area is 152 Å². The minimum atomic E-state index is -0.105. The monoisotopic (exact) mass is 395 g/mol. The van der Waals surface area contributed by atoms with E-state index in [-0.39, 0.29) is 11.3 Å². The van der Waals surface area contributed by atoms with Crippen molar-refractivity contribution in [2.45, 2.75) is 13.5 Å².